The van der Waals surface area contributed by atoms with Crippen LogP contribution in [-0.2, 0) is 11.3 Å². The SMILES string of the molecule is Cc1cccc(CN2CCN(C(=O)CN(C)c3ccccc3[N+](=O)[O-])CC2)c1. The number of likely N-dealkylation sites (N-methyl/N-ethyl adjacent to an activating group) is 1. The van der Waals surface area contributed by atoms with Gasteiger partial charge in [-0.1, -0.05) is 42.0 Å². The number of piperazine rings is 1. The first-order valence-corrected chi connectivity index (χ1v) is 9.44. The number of aryl methyl sites for hydroxylation is 1. The fraction of sp³-hybridized carbons (Fsp3) is 0.381. The summed E-state index contributed by atoms with van der Waals surface area (Å²) in [6.45, 7) is 6.12. The highest BCUT2D eigenvalue weighted by Crippen LogP contribution is 2.26. The maximum atomic E-state index is 12.7. The molecule has 7 heteroatoms. The molecule has 0 radical (unpaired) electrons. The van der Waals surface area contributed by atoms with Crippen LogP contribution in [0.25, 0.3) is 0 Å². The van der Waals surface area contributed by atoms with Gasteiger partial charge >= 0.3 is 0 Å². The third-order valence-corrected chi connectivity index (χ3v) is 5.08. The van der Waals surface area contributed by atoms with Gasteiger partial charge in [0.1, 0.15) is 5.69 Å². The van der Waals surface area contributed by atoms with E-state index in [2.05, 4.69) is 36.1 Å². The smallest absolute Gasteiger partial charge is 0.292 e. The van der Waals surface area contributed by atoms with Gasteiger partial charge in [-0.3, -0.25) is 19.8 Å². The van der Waals surface area contributed by atoms with E-state index in [4.69, 9.17) is 0 Å². The lowest BCUT2D eigenvalue weighted by molar-refractivity contribution is -0.384. The molecule has 0 spiro atoms. The molecule has 0 unspecified atom stereocenters. The maximum absolute atomic E-state index is 12.7. The molecule has 28 heavy (non-hydrogen) atoms. The second-order valence-electron chi connectivity index (χ2n) is 7.25. The number of rotatable bonds is 6. The molecular weight excluding hydrogens is 356 g/mol. The summed E-state index contributed by atoms with van der Waals surface area (Å²) >= 11 is 0. The number of nitro groups is 1. The van der Waals surface area contributed by atoms with Crippen LogP contribution in [0.5, 0.6) is 0 Å². The lowest BCUT2D eigenvalue weighted by atomic mass is 10.1. The number of benzene rings is 2. The van der Waals surface area contributed by atoms with Crippen LogP contribution in [0.15, 0.2) is 48.5 Å². The molecule has 1 amide bonds. The highest BCUT2D eigenvalue weighted by atomic mass is 16.6. The van der Waals surface area contributed by atoms with E-state index in [1.807, 2.05) is 4.90 Å². The number of para-hydroxylation sites is 2. The first-order chi connectivity index (χ1) is 13.4. The molecule has 0 saturated carbocycles. The molecule has 0 atom stereocenters. The van der Waals surface area contributed by atoms with Crippen LogP contribution in [0.3, 0.4) is 0 Å². The number of hydrogen-bond donors (Lipinski definition) is 0. The van der Waals surface area contributed by atoms with Crippen LogP contribution >= 0.6 is 0 Å². The van der Waals surface area contributed by atoms with E-state index in [0.717, 1.165) is 19.6 Å². The van der Waals surface area contributed by atoms with Gasteiger partial charge in [-0.2, -0.15) is 0 Å². The number of amides is 1. The van der Waals surface area contributed by atoms with E-state index in [9.17, 15) is 14.9 Å². The van der Waals surface area contributed by atoms with Gasteiger partial charge in [0.05, 0.1) is 11.5 Å². The third kappa shape index (κ3) is 4.86. The zero-order valence-corrected chi connectivity index (χ0v) is 16.4. The zero-order chi connectivity index (χ0) is 20.1. The molecular formula is C21H26N4O3. The van der Waals surface area contributed by atoms with Crippen molar-refractivity contribution < 1.29 is 9.72 Å². The second kappa shape index (κ2) is 8.84. The van der Waals surface area contributed by atoms with Gasteiger partial charge in [0.15, 0.2) is 0 Å². The summed E-state index contributed by atoms with van der Waals surface area (Å²) in [4.78, 5) is 29.3. The Morgan fingerprint density at radius 1 is 1.11 bits per heavy atom. The molecule has 1 heterocycles. The highest BCUT2D eigenvalue weighted by molar-refractivity contribution is 5.82. The summed E-state index contributed by atoms with van der Waals surface area (Å²) in [5.74, 6) is -0.00384. The van der Waals surface area contributed by atoms with Crippen LogP contribution < -0.4 is 4.90 Å². The summed E-state index contributed by atoms with van der Waals surface area (Å²) in [5.41, 5.74) is 3.01. The highest BCUT2D eigenvalue weighted by Gasteiger charge is 2.24. The third-order valence-electron chi connectivity index (χ3n) is 5.08. The fourth-order valence-electron chi connectivity index (χ4n) is 3.55. The van der Waals surface area contributed by atoms with Crippen molar-refractivity contribution in [1.82, 2.24) is 9.80 Å². The maximum Gasteiger partial charge on any atom is 0.292 e. The Balaban J connectivity index is 1.53. The molecule has 2 aromatic rings. The van der Waals surface area contributed by atoms with E-state index in [1.54, 1.807) is 30.1 Å². The van der Waals surface area contributed by atoms with E-state index in [0.29, 0.717) is 18.8 Å². The normalized spacial score (nSPS) is 14.7. The van der Waals surface area contributed by atoms with Crippen molar-refractivity contribution >= 4 is 17.3 Å². The summed E-state index contributed by atoms with van der Waals surface area (Å²) in [5, 5.41) is 11.2. The summed E-state index contributed by atoms with van der Waals surface area (Å²) in [6, 6.07) is 15.0. The van der Waals surface area contributed by atoms with Crippen LogP contribution in [0.1, 0.15) is 11.1 Å². The van der Waals surface area contributed by atoms with E-state index in [1.165, 1.54) is 17.2 Å². The molecule has 1 saturated heterocycles. The van der Waals surface area contributed by atoms with Crippen molar-refractivity contribution in [3.63, 3.8) is 0 Å². The molecule has 7 nitrogen and oxygen atoms in total. The first-order valence-electron chi connectivity index (χ1n) is 9.44. The lowest BCUT2D eigenvalue weighted by Crippen LogP contribution is -2.50. The lowest BCUT2D eigenvalue weighted by Gasteiger charge is -2.35. The molecule has 0 N–H and O–H groups in total. The standard InChI is InChI=1S/C21H26N4O3/c1-17-6-5-7-18(14-17)15-23-10-12-24(13-11-23)21(26)16-22(2)19-8-3-4-9-20(19)25(27)28/h3-9,14H,10-13,15-16H2,1-2H3. The Bertz CT molecular complexity index is 847. The molecule has 3 rings (SSSR count). The molecule has 0 aromatic heterocycles. The van der Waals surface area contributed by atoms with Gasteiger partial charge in [0.25, 0.3) is 5.69 Å². The van der Waals surface area contributed by atoms with E-state index >= 15 is 0 Å². The Hall–Kier alpha value is -2.93. The molecule has 2 aromatic carbocycles. The summed E-state index contributed by atoms with van der Waals surface area (Å²) in [6.07, 6.45) is 0. The Kier molecular flexibility index (Phi) is 6.26. The predicted molar refractivity (Wildman–Crippen MR) is 109 cm³/mol. The minimum atomic E-state index is -0.416. The number of hydrogen-bond acceptors (Lipinski definition) is 5. The van der Waals surface area contributed by atoms with Crippen molar-refractivity contribution in [3.05, 3.63) is 69.8 Å². The number of nitro benzene ring substituents is 1. The van der Waals surface area contributed by atoms with Crippen LogP contribution in [0.2, 0.25) is 0 Å². The number of carbonyl (C=O) groups is 1. The largest absolute Gasteiger partial charge is 0.360 e. The second-order valence-corrected chi connectivity index (χ2v) is 7.25. The Labute approximate surface area is 165 Å². The van der Waals surface area contributed by atoms with Crippen LogP contribution in [0.4, 0.5) is 11.4 Å². The average molecular weight is 382 g/mol. The molecule has 0 bridgehead atoms. The van der Waals surface area contributed by atoms with Gasteiger partial charge in [0, 0.05) is 45.8 Å². The Morgan fingerprint density at radius 3 is 2.50 bits per heavy atom. The van der Waals surface area contributed by atoms with E-state index in [-0.39, 0.29) is 18.1 Å². The van der Waals surface area contributed by atoms with E-state index < -0.39 is 4.92 Å². The van der Waals surface area contributed by atoms with Gasteiger partial charge in [-0.05, 0) is 18.6 Å². The van der Waals surface area contributed by atoms with Crippen molar-refractivity contribution in [3.8, 4) is 0 Å². The van der Waals surface area contributed by atoms with Gasteiger partial charge in [-0.25, -0.2) is 0 Å². The van der Waals surface area contributed by atoms with Gasteiger partial charge in [0.2, 0.25) is 5.91 Å². The minimum Gasteiger partial charge on any atom is -0.360 e. The summed E-state index contributed by atoms with van der Waals surface area (Å²) < 4.78 is 0. The number of anilines is 1. The first kappa shape index (κ1) is 19.8. The van der Waals surface area contributed by atoms with Crippen molar-refractivity contribution in [2.75, 3.05) is 44.7 Å². The predicted octanol–water partition coefficient (Wildman–Crippen LogP) is 2.68. The quantitative estimate of drug-likeness (QED) is 0.567. The minimum absolute atomic E-state index is 0.00384. The molecule has 1 aliphatic rings. The topological polar surface area (TPSA) is 69.9 Å². The van der Waals surface area contributed by atoms with Crippen LogP contribution in [-0.4, -0.2) is 60.4 Å². The van der Waals surface area contributed by atoms with Crippen molar-refractivity contribution in [1.29, 1.82) is 0 Å². The van der Waals surface area contributed by atoms with Gasteiger partial charge < -0.3 is 9.80 Å². The molecule has 0 aliphatic carbocycles. The molecule has 1 aliphatic heterocycles. The Morgan fingerprint density at radius 2 is 1.82 bits per heavy atom. The van der Waals surface area contributed by atoms with Gasteiger partial charge in [-0.15, -0.1) is 0 Å². The van der Waals surface area contributed by atoms with Crippen molar-refractivity contribution in [2.45, 2.75) is 13.5 Å². The molecule has 148 valence electrons. The summed E-state index contributed by atoms with van der Waals surface area (Å²) in [7, 11) is 1.72. The van der Waals surface area contributed by atoms with Crippen LogP contribution in [0, 0.1) is 17.0 Å². The zero-order valence-electron chi connectivity index (χ0n) is 16.4. The van der Waals surface area contributed by atoms with Crippen molar-refractivity contribution in [2.24, 2.45) is 0 Å². The fourth-order valence-corrected chi connectivity index (χ4v) is 3.55. The number of nitrogens with zero attached hydrogens (tertiary/aromatic N) is 4. The monoisotopic (exact) mass is 382 g/mol. The number of carbonyl (C=O) groups excluding carboxylic acids is 1. The molecule has 1 fully saturated rings. The average Bonchev–Trinajstić information content (AvgIpc) is 2.68.